The SMILES string of the molecule is [NH]C(=O)[C@H](N)CN. The third-order valence-electron chi connectivity index (χ3n) is 0.591. The highest BCUT2D eigenvalue weighted by Crippen LogP contribution is 1.67. The summed E-state index contributed by atoms with van der Waals surface area (Å²) in [6.45, 7) is 0.0579. The minimum Gasteiger partial charge on any atom is -0.328 e. The smallest absolute Gasteiger partial charge is 0.256 e. The standard InChI is InChI=1S/C3H8N3O/c4-1-2(5)3(6)7/h2,6H,1,4-5H2/t2-/m1/s1. The molecule has 0 unspecified atom stereocenters. The molecule has 0 aromatic carbocycles. The average molecular weight is 102 g/mol. The lowest BCUT2D eigenvalue weighted by atomic mass is 10.3. The summed E-state index contributed by atoms with van der Waals surface area (Å²) in [5.41, 5.74) is 16.2. The fourth-order valence-corrected chi connectivity index (χ4v) is 0.107. The quantitative estimate of drug-likeness (QED) is 0.425. The van der Waals surface area contributed by atoms with Crippen molar-refractivity contribution < 1.29 is 4.79 Å². The molecule has 0 aromatic rings. The molecule has 1 atom stereocenters. The zero-order chi connectivity index (χ0) is 5.86. The Morgan fingerprint density at radius 1 is 1.86 bits per heavy atom. The zero-order valence-corrected chi connectivity index (χ0v) is 3.85. The Bertz CT molecular complexity index is 72.6. The molecule has 41 valence electrons. The summed E-state index contributed by atoms with van der Waals surface area (Å²) in [6, 6.07) is -0.792. The van der Waals surface area contributed by atoms with Crippen LogP contribution < -0.4 is 17.2 Å². The maximum Gasteiger partial charge on any atom is 0.256 e. The Morgan fingerprint density at radius 3 is 2.29 bits per heavy atom. The van der Waals surface area contributed by atoms with Crippen LogP contribution in [-0.2, 0) is 4.79 Å². The molecule has 0 bridgehead atoms. The van der Waals surface area contributed by atoms with Gasteiger partial charge in [0.25, 0.3) is 5.91 Å². The third kappa shape index (κ3) is 2.13. The van der Waals surface area contributed by atoms with Crippen LogP contribution in [-0.4, -0.2) is 18.5 Å². The van der Waals surface area contributed by atoms with Crippen molar-refractivity contribution >= 4 is 5.91 Å². The maximum absolute atomic E-state index is 9.84. The summed E-state index contributed by atoms with van der Waals surface area (Å²) >= 11 is 0. The van der Waals surface area contributed by atoms with Gasteiger partial charge in [0.2, 0.25) is 0 Å². The van der Waals surface area contributed by atoms with Crippen LogP contribution in [0.1, 0.15) is 0 Å². The predicted molar refractivity (Wildman–Crippen MR) is 25.1 cm³/mol. The molecule has 7 heavy (non-hydrogen) atoms. The number of rotatable bonds is 2. The maximum atomic E-state index is 9.84. The van der Waals surface area contributed by atoms with Crippen molar-refractivity contribution in [3.63, 3.8) is 0 Å². The molecule has 0 aromatic heterocycles. The minimum atomic E-state index is -0.803. The fourth-order valence-electron chi connectivity index (χ4n) is 0.107. The van der Waals surface area contributed by atoms with Gasteiger partial charge in [0, 0.05) is 6.54 Å². The van der Waals surface area contributed by atoms with Crippen molar-refractivity contribution in [1.29, 1.82) is 0 Å². The molecule has 0 rings (SSSR count). The van der Waals surface area contributed by atoms with E-state index >= 15 is 0 Å². The Hall–Kier alpha value is -0.610. The van der Waals surface area contributed by atoms with E-state index < -0.39 is 11.9 Å². The molecule has 0 saturated carbocycles. The van der Waals surface area contributed by atoms with Crippen molar-refractivity contribution in [1.82, 2.24) is 5.73 Å². The van der Waals surface area contributed by atoms with E-state index in [1.165, 1.54) is 0 Å². The fraction of sp³-hybridized carbons (Fsp3) is 0.667. The number of carbonyl (C=O) groups is 1. The van der Waals surface area contributed by atoms with Gasteiger partial charge in [-0.05, 0) is 0 Å². The number of carbonyl (C=O) groups excluding carboxylic acids is 1. The molecule has 4 nitrogen and oxygen atoms in total. The van der Waals surface area contributed by atoms with Crippen LogP contribution in [0, 0.1) is 0 Å². The van der Waals surface area contributed by atoms with Gasteiger partial charge in [0.05, 0.1) is 6.04 Å². The Balaban J connectivity index is 3.34. The molecule has 1 amide bonds. The van der Waals surface area contributed by atoms with E-state index in [9.17, 15) is 4.79 Å². The number of hydrogen-bond donors (Lipinski definition) is 2. The van der Waals surface area contributed by atoms with Gasteiger partial charge in [0.15, 0.2) is 0 Å². The van der Waals surface area contributed by atoms with Gasteiger partial charge in [-0.25, -0.2) is 0 Å². The van der Waals surface area contributed by atoms with Gasteiger partial charge in [-0.15, -0.1) is 0 Å². The first kappa shape index (κ1) is 6.39. The van der Waals surface area contributed by atoms with Crippen LogP contribution in [0.4, 0.5) is 0 Å². The second-order valence-electron chi connectivity index (χ2n) is 1.21. The molecule has 0 heterocycles. The highest BCUT2D eigenvalue weighted by Gasteiger charge is 2.04. The minimum absolute atomic E-state index is 0.0579. The van der Waals surface area contributed by atoms with Crippen LogP contribution in [0.15, 0.2) is 0 Å². The van der Waals surface area contributed by atoms with Crippen molar-refractivity contribution in [3.05, 3.63) is 0 Å². The molecule has 0 fully saturated rings. The Labute approximate surface area is 41.7 Å². The van der Waals surface area contributed by atoms with E-state index in [1.807, 2.05) is 0 Å². The highest BCUT2D eigenvalue weighted by molar-refractivity contribution is 5.78. The normalized spacial score (nSPS) is 13.4. The lowest BCUT2D eigenvalue weighted by Gasteiger charge is -1.97. The summed E-state index contributed by atoms with van der Waals surface area (Å²) < 4.78 is 0. The van der Waals surface area contributed by atoms with E-state index in [0.29, 0.717) is 0 Å². The first-order chi connectivity index (χ1) is 3.18. The lowest BCUT2D eigenvalue weighted by Crippen LogP contribution is -2.38. The topological polar surface area (TPSA) is 92.9 Å². The van der Waals surface area contributed by atoms with Crippen LogP contribution in [0.5, 0.6) is 0 Å². The summed E-state index contributed by atoms with van der Waals surface area (Å²) in [5.74, 6) is -0.803. The summed E-state index contributed by atoms with van der Waals surface area (Å²) in [7, 11) is 0. The first-order valence-electron chi connectivity index (χ1n) is 1.89. The van der Waals surface area contributed by atoms with Gasteiger partial charge >= 0.3 is 0 Å². The van der Waals surface area contributed by atoms with Crippen LogP contribution >= 0.6 is 0 Å². The van der Waals surface area contributed by atoms with Gasteiger partial charge in [-0.2, -0.15) is 0 Å². The predicted octanol–water partition coefficient (Wildman–Crippen LogP) is -1.92. The number of nitrogens with one attached hydrogen (secondary N) is 1. The molecule has 4 heteroatoms. The van der Waals surface area contributed by atoms with E-state index in [0.717, 1.165) is 0 Å². The second-order valence-corrected chi connectivity index (χ2v) is 1.21. The van der Waals surface area contributed by atoms with Crippen molar-refractivity contribution in [2.45, 2.75) is 6.04 Å². The number of hydrogen-bond acceptors (Lipinski definition) is 3. The molecular formula is C3H8N3O. The van der Waals surface area contributed by atoms with E-state index in [1.54, 1.807) is 0 Å². The number of nitrogens with two attached hydrogens (primary N) is 2. The summed E-state index contributed by atoms with van der Waals surface area (Å²) in [6.07, 6.45) is 0. The summed E-state index contributed by atoms with van der Waals surface area (Å²) in [5, 5.41) is 0. The van der Waals surface area contributed by atoms with E-state index in [2.05, 4.69) is 0 Å². The molecular weight excluding hydrogens is 94.1 g/mol. The van der Waals surface area contributed by atoms with E-state index in [-0.39, 0.29) is 6.54 Å². The van der Waals surface area contributed by atoms with Crippen molar-refractivity contribution in [2.24, 2.45) is 11.5 Å². The van der Waals surface area contributed by atoms with E-state index in [4.69, 9.17) is 17.2 Å². The molecule has 0 saturated heterocycles. The third-order valence-corrected chi connectivity index (χ3v) is 0.591. The molecule has 0 aliphatic heterocycles. The zero-order valence-electron chi connectivity index (χ0n) is 3.85. The number of amides is 1. The summed E-state index contributed by atoms with van der Waals surface area (Å²) in [4.78, 5) is 9.84. The largest absolute Gasteiger partial charge is 0.328 e. The Kier molecular flexibility index (Phi) is 2.32. The van der Waals surface area contributed by atoms with Crippen molar-refractivity contribution in [3.8, 4) is 0 Å². The van der Waals surface area contributed by atoms with Gasteiger partial charge < -0.3 is 11.5 Å². The van der Waals surface area contributed by atoms with Gasteiger partial charge in [-0.1, -0.05) is 0 Å². The second kappa shape index (κ2) is 2.54. The molecule has 0 spiro atoms. The average Bonchev–Trinajstić information content (AvgIpc) is 1.65. The lowest BCUT2D eigenvalue weighted by molar-refractivity contribution is -0.119. The molecule has 1 radical (unpaired) electrons. The highest BCUT2D eigenvalue weighted by atomic mass is 16.1. The molecule has 5 N–H and O–H groups in total. The van der Waals surface area contributed by atoms with Gasteiger partial charge in [-0.3, -0.25) is 10.5 Å². The Morgan fingerprint density at radius 2 is 2.29 bits per heavy atom. The monoisotopic (exact) mass is 102 g/mol. The van der Waals surface area contributed by atoms with Crippen LogP contribution in [0.3, 0.4) is 0 Å². The van der Waals surface area contributed by atoms with Crippen LogP contribution in [0.2, 0.25) is 0 Å². The van der Waals surface area contributed by atoms with Crippen molar-refractivity contribution in [2.75, 3.05) is 6.54 Å². The van der Waals surface area contributed by atoms with Crippen LogP contribution in [0.25, 0.3) is 0 Å². The molecule has 0 aliphatic carbocycles. The van der Waals surface area contributed by atoms with Gasteiger partial charge in [0.1, 0.15) is 0 Å². The molecule has 0 aliphatic rings. The first-order valence-corrected chi connectivity index (χ1v) is 1.89.